The zero-order valence-corrected chi connectivity index (χ0v) is 13.1. The molecule has 0 radical (unpaired) electrons. The topological polar surface area (TPSA) is 51.0 Å². The smallest absolute Gasteiger partial charge is 0.248 e. The van der Waals surface area contributed by atoms with E-state index < -0.39 is 0 Å². The van der Waals surface area contributed by atoms with Gasteiger partial charge in [0.1, 0.15) is 0 Å². The number of aromatic nitrogens is 2. The molecule has 0 atom stereocenters. The first kappa shape index (κ1) is 13.7. The van der Waals surface area contributed by atoms with Gasteiger partial charge in [-0.1, -0.05) is 22.9 Å². The van der Waals surface area contributed by atoms with E-state index in [1.165, 1.54) is 0 Å². The lowest BCUT2D eigenvalue weighted by atomic mass is 10.2. The monoisotopic (exact) mass is 373 g/mol. The molecule has 0 aliphatic carbocycles. The molecule has 0 aliphatic heterocycles. The minimum Gasteiger partial charge on any atom is -0.421 e. The van der Waals surface area contributed by atoms with Crippen molar-refractivity contribution in [2.45, 2.75) is 13.3 Å². The number of likely N-dealkylation sites (N-methyl/N-ethyl adjacent to an activating group) is 1. The van der Waals surface area contributed by atoms with Crippen molar-refractivity contribution in [3.8, 4) is 11.5 Å². The van der Waals surface area contributed by atoms with Gasteiger partial charge in [0.05, 0.1) is 5.56 Å². The van der Waals surface area contributed by atoms with E-state index >= 15 is 0 Å². The number of nitrogens with one attached hydrogen (secondary N) is 1. The van der Waals surface area contributed by atoms with Crippen molar-refractivity contribution in [3.63, 3.8) is 0 Å². The van der Waals surface area contributed by atoms with Crippen LogP contribution in [0.5, 0.6) is 0 Å². The van der Waals surface area contributed by atoms with Crippen molar-refractivity contribution in [1.29, 1.82) is 0 Å². The Kier molecular flexibility index (Phi) is 4.91. The van der Waals surface area contributed by atoms with Crippen LogP contribution in [0.4, 0.5) is 0 Å². The van der Waals surface area contributed by atoms with Gasteiger partial charge < -0.3 is 9.73 Å². The molecule has 18 heavy (non-hydrogen) atoms. The lowest BCUT2D eigenvalue weighted by Crippen LogP contribution is -2.16. The van der Waals surface area contributed by atoms with E-state index in [0.717, 1.165) is 34.0 Å². The molecule has 0 fully saturated rings. The molecule has 0 aliphatic rings. The standard InChI is InChI=1S/C12H13Br2N3O/c1-2-15-6-5-11-16-17-12(18-11)9-4-3-8(13)7-10(9)14/h3-4,7,15H,2,5-6H2,1H3. The summed E-state index contributed by atoms with van der Waals surface area (Å²) in [6, 6.07) is 5.84. The van der Waals surface area contributed by atoms with Crippen molar-refractivity contribution in [3.05, 3.63) is 33.0 Å². The van der Waals surface area contributed by atoms with E-state index in [-0.39, 0.29) is 0 Å². The molecule has 1 aromatic heterocycles. The summed E-state index contributed by atoms with van der Waals surface area (Å²) in [5.74, 6) is 1.20. The molecule has 2 rings (SSSR count). The second-order valence-corrected chi connectivity index (χ2v) is 5.50. The molecule has 96 valence electrons. The summed E-state index contributed by atoms with van der Waals surface area (Å²) in [5, 5.41) is 11.3. The van der Waals surface area contributed by atoms with Crippen molar-refractivity contribution >= 4 is 31.9 Å². The van der Waals surface area contributed by atoms with Crippen molar-refractivity contribution in [2.75, 3.05) is 13.1 Å². The summed E-state index contributed by atoms with van der Waals surface area (Å²) in [7, 11) is 0. The molecule has 0 unspecified atom stereocenters. The third-order valence-electron chi connectivity index (χ3n) is 2.39. The average Bonchev–Trinajstić information content (AvgIpc) is 2.78. The van der Waals surface area contributed by atoms with Crippen LogP contribution in [0, 0.1) is 0 Å². The van der Waals surface area contributed by atoms with Crippen LogP contribution >= 0.6 is 31.9 Å². The Labute approximate surface area is 122 Å². The predicted molar refractivity (Wildman–Crippen MR) is 77.4 cm³/mol. The highest BCUT2D eigenvalue weighted by atomic mass is 79.9. The number of benzene rings is 1. The van der Waals surface area contributed by atoms with E-state index in [4.69, 9.17) is 4.42 Å². The van der Waals surface area contributed by atoms with Gasteiger partial charge in [-0.05, 0) is 40.7 Å². The zero-order valence-electron chi connectivity index (χ0n) is 9.91. The maximum Gasteiger partial charge on any atom is 0.248 e. The van der Waals surface area contributed by atoms with E-state index in [1.54, 1.807) is 0 Å². The first-order chi connectivity index (χ1) is 8.70. The fraction of sp³-hybridized carbons (Fsp3) is 0.333. The molecule has 0 saturated heterocycles. The number of nitrogens with zero attached hydrogens (tertiary/aromatic N) is 2. The summed E-state index contributed by atoms with van der Waals surface area (Å²) < 4.78 is 7.56. The van der Waals surface area contributed by atoms with Gasteiger partial charge in [0.2, 0.25) is 11.8 Å². The summed E-state index contributed by atoms with van der Waals surface area (Å²) in [4.78, 5) is 0. The first-order valence-electron chi connectivity index (χ1n) is 5.69. The van der Waals surface area contributed by atoms with Crippen LogP contribution in [-0.2, 0) is 6.42 Å². The van der Waals surface area contributed by atoms with Gasteiger partial charge in [-0.25, -0.2) is 0 Å². The first-order valence-corrected chi connectivity index (χ1v) is 7.28. The molecule has 6 heteroatoms. The van der Waals surface area contributed by atoms with Crippen LogP contribution in [0.1, 0.15) is 12.8 Å². The minimum atomic E-state index is 0.542. The number of rotatable bonds is 5. The molecule has 1 heterocycles. The van der Waals surface area contributed by atoms with Gasteiger partial charge in [-0.2, -0.15) is 0 Å². The van der Waals surface area contributed by atoms with Gasteiger partial charge in [0, 0.05) is 21.9 Å². The molecular formula is C12H13Br2N3O. The van der Waals surface area contributed by atoms with Crippen LogP contribution in [0.2, 0.25) is 0 Å². The lowest BCUT2D eigenvalue weighted by Gasteiger charge is -1.99. The molecule has 1 N–H and O–H groups in total. The van der Waals surface area contributed by atoms with Gasteiger partial charge in [0.15, 0.2) is 0 Å². The fourth-order valence-corrected chi connectivity index (χ4v) is 2.72. The van der Waals surface area contributed by atoms with E-state index in [9.17, 15) is 0 Å². The average molecular weight is 375 g/mol. The summed E-state index contributed by atoms with van der Waals surface area (Å²) in [6.07, 6.45) is 0.745. The Morgan fingerprint density at radius 1 is 1.28 bits per heavy atom. The fourth-order valence-electron chi connectivity index (χ4n) is 1.50. The van der Waals surface area contributed by atoms with Crippen LogP contribution < -0.4 is 5.32 Å². The largest absolute Gasteiger partial charge is 0.421 e. The van der Waals surface area contributed by atoms with Gasteiger partial charge in [-0.15, -0.1) is 10.2 Å². The molecule has 0 bridgehead atoms. The SMILES string of the molecule is CCNCCc1nnc(-c2ccc(Br)cc2Br)o1. The van der Waals surface area contributed by atoms with Crippen LogP contribution in [-0.4, -0.2) is 23.3 Å². The second-order valence-electron chi connectivity index (χ2n) is 3.73. The number of hydrogen-bond donors (Lipinski definition) is 1. The highest BCUT2D eigenvalue weighted by Gasteiger charge is 2.11. The summed E-state index contributed by atoms with van der Waals surface area (Å²) in [5.41, 5.74) is 0.903. The Morgan fingerprint density at radius 2 is 2.11 bits per heavy atom. The maximum absolute atomic E-state index is 5.63. The highest BCUT2D eigenvalue weighted by Crippen LogP contribution is 2.29. The Morgan fingerprint density at radius 3 is 2.83 bits per heavy atom. The number of halogens is 2. The van der Waals surface area contributed by atoms with Crippen molar-refractivity contribution < 1.29 is 4.42 Å². The zero-order chi connectivity index (χ0) is 13.0. The maximum atomic E-state index is 5.63. The van der Waals surface area contributed by atoms with Crippen LogP contribution in [0.25, 0.3) is 11.5 Å². The van der Waals surface area contributed by atoms with E-state index in [2.05, 4.69) is 54.3 Å². The Balaban J connectivity index is 2.13. The normalized spacial score (nSPS) is 10.8. The second kappa shape index (κ2) is 6.45. The van der Waals surface area contributed by atoms with Crippen LogP contribution in [0.15, 0.2) is 31.6 Å². The predicted octanol–water partition coefficient (Wildman–Crippen LogP) is 3.41. The van der Waals surface area contributed by atoms with Crippen molar-refractivity contribution in [1.82, 2.24) is 15.5 Å². The lowest BCUT2D eigenvalue weighted by molar-refractivity contribution is 0.496. The molecule has 2 aromatic rings. The minimum absolute atomic E-state index is 0.542. The summed E-state index contributed by atoms with van der Waals surface area (Å²) >= 11 is 6.90. The molecule has 0 amide bonds. The third kappa shape index (κ3) is 3.40. The van der Waals surface area contributed by atoms with Gasteiger partial charge >= 0.3 is 0 Å². The van der Waals surface area contributed by atoms with Gasteiger partial charge in [0.25, 0.3) is 0 Å². The highest BCUT2D eigenvalue weighted by molar-refractivity contribution is 9.11. The van der Waals surface area contributed by atoms with Crippen LogP contribution in [0.3, 0.4) is 0 Å². The summed E-state index contributed by atoms with van der Waals surface area (Å²) in [6.45, 7) is 3.86. The van der Waals surface area contributed by atoms with E-state index in [1.807, 2.05) is 18.2 Å². The molecule has 1 aromatic carbocycles. The quantitative estimate of drug-likeness (QED) is 0.814. The molecule has 0 spiro atoms. The van der Waals surface area contributed by atoms with Crippen molar-refractivity contribution in [2.24, 2.45) is 0 Å². The Bertz CT molecular complexity index is 528. The molecule has 0 saturated carbocycles. The molecular weight excluding hydrogens is 362 g/mol. The van der Waals surface area contributed by atoms with Gasteiger partial charge in [-0.3, -0.25) is 0 Å². The molecule has 4 nitrogen and oxygen atoms in total. The number of hydrogen-bond acceptors (Lipinski definition) is 4. The van der Waals surface area contributed by atoms with E-state index in [0.29, 0.717) is 11.8 Å². The third-order valence-corrected chi connectivity index (χ3v) is 3.54. The Hall–Kier alpha value is -0.720.